The molecule has 1 aliphatic heterocycles. The van der Waals surface area contributed by atoms with Gasteiger partial charge in [0, 0.05) is 6.61 Å². The van der Waals surface area contributed by atoms with Crippen molar-refractivity contribution < 1.29 is 4.74 Å². The molecule has 0 amide bonds. The number of rotatable bonds is 2. The highest BCUT2D eigenvalue weighted by Crippen LogP contribution is 2.15. The van der Waals surface area contributed by atoms with E-state index in [2.05, 4.69) is 6.58 Å². The van der Waals surface area contributed by atoms with E-state index in [1.54, 1.807) is 0 Å². The van der Waals surface area contributed by atoms with Gasteiger partial charge < -0.3 is 4.74 Å². The van der Waals surface area contributed by atoms with E-state index in [-0.39, 0.29) is 0 Å². The van der Waals surface area contributed by atoms with Gasteiger partial charge >= 0.3 is 0 Å². The second kappa shape index (κ2) is 3.67. The fraction of sp³-hybridized carbons (Fsp3) is 0.750. The minimum Gasteiger partial charge on any atom is -0.378 e. The second-order valence-electron chi connectivity index (χ2n) is 2.51. The summed E-state index contributed by atoms with van der Waals surface area (Å²) in [5.41, 5.74) is 0. The molecule has 1 atom stereocenters. The molecule has 1 nitrogen and oxygen atoms in total. The predicted molar refractivity (Wildman–Crippen MR) is 38.4 cm³/mol. The van der Waals surface area contributed by atoms with Crippen LogP contribution in [0, 0.1) is 0 Å². The molecule has 0 N–H and O–H groups in total. The van der Waals surface area contributed by atoms with E-state index in [1.165, 1.54) is 19.3 Å². The lowest BCUT2D eigenvalue weighted by molar-refractivity contribution is 0.0185. The van der Waals surface area contributed by atoms with Crippen LogP contribution >= 0.6 is 0 Å². The third-order valence-electron chi connectivity index (χ3n) is 1.70. The van der Waals surface area contributed by atoms with Gasteiger partial charge in [-0.25, -0.2) is 0 Å². The zero-order chi connectivity index (χ0) is 6.53. The number of ether oxygens (including phenoxy) is 1. The van der Waals surface area contributed by atoms with Crippen LogP contribution in [0.1, 0.15) is 25.7 Å². The lowest BCUT2D eigenvalue weighted by atomic mass is 10.1. The van der Waals surface area contributed by atoms with E-state index in [1.807, 2.05) is 6.08 Å². The van der Waals surface area contributed by atoms with Crippen LogP contribution < -0.4 is 0 Å². The Bertz CT molecular complexity index is 82.6. The molecule has 1 unspecified atom stereocenters. The van der Waals surface area contributed by atoms with Crippen molar-refractivity contribution in [1.29, 1.82) is 0 Å². The Kier molecular flexibility index (Phi) is 2.78. The molecule has 0 aliphatic carbocycles. The van der Waals surface area contributed by atoms with Gasteiger partial charge in [0.1, 0.15) is 0 Å². The van der Waals surface area contributed by atoms with Crippen molar-refractivity contribution in [2.75, 3.05) is 6.61 Å². The van der Waals surface area contributed by atoms with Crippen molar-refractivity contribution in [1.82, 2.24) is 0 Å². The Labute approximate surface area is 56.7 Å². The zero-order valence-corrected chi connectivity index (χ0v) is 5.81. The first-order valence-electron chi connectivity index (χ1n) is 3.66. The van der Waals surface area contributed by atoms with Gasteiger partial charge in [0.15, 0.2) is 0 Å². The molecule has 0 aromatic rings. The molecule has 0 aromatic carbocycles. The molecule has 52 valence electrons. The zero-order valence-electron chi connectivity index (χ0n) is 5.81. The highest BCUT2D eigenvalue weighted by Gasteiger charge is 2.10. The molecular formula is C8H14O. The van der Waals surface area contributed by atoms with Crippen molar-refractivity contribution in [3.05, 3.63) is 12.7 Å². The van der Waals surface area contributed by atoms with Gasteiger partial charge in [-0.05, 0) is 25.7 Å². The lowest BCUT2D eigenvalue weighted by Gasteiger charge is -2.20. The SMILES string of the molecule is C=CCC1CCCCO1. The van der Waals surface area contributed by atoms with Crippen LogP contribution in [0.5, 0.6) is 0 Å². The Hall–Kier alpha value is -0.300. The van der Waals surface area contributed by atoms with Gasteiger partial charge in [-0.3, -0.25) is 0 Å². The Morgan fingerprint density at radius 1 is 1.56 bits per heavy atom. The summed E-state index contributed by atoms with van der Waals surface area (Å²) in [4.78, 5) is 0. The summed E-state index contributed by atoms with van der Waals surface area (Å²) < 4.78 is 5.45. The van der Waals surface area contributed by atoms with Gasteiger partial charge in [-0.2, -0.15) is 0 Å². The monoisotopic (exact) mass is 126 g/mol. The lowest BCUT2D eigenvalue weighted by Crippen LogP contribution is -2.17. The van der Waals surface area contributed by atoms with Gasteiger partial charge in [-0.15, -0.1) is 6.58 Å². The highest BCUT2D eigenvalue weighted by atomic mass is 16.5. The summed E-state index contributed by atoms with van der Waals surface area (Å²) >= 11 is 0. The molecule has 1 fully saturated rings. The first-order valence-corrected chi connectivity index (χ1v) is 3.66. The maximum atomic E-state index is 5.45. The fourth-order valence-electron chi connectivity index (χ4n) is 1.18. The Morgan fingerprint density at radius 2 is 2.44 bits per heavy atom. The van der Waals surface area contributed by atoms with E-state index in [9.17, 15) is 0 Å². The molecule has 1 rings (SSSR count). The van der Waals surface area contributed by atoms with Gasteiger partial charge in [0.2, 0.25) is 0 Å². The minimum absolute atomic E-state index is 0.483. The molecule has 1 aliphatic rings. The first kappa shape index (κ1) is 6.81. The summed E-state index contributed by atoms with van der Waals surface area (Å²) in [6.45, 7) is 4.63. The van der Waals surface area contributed by atoms with Crippen molar-refractivity contribution in [2.45, 2.75) is 31.8 Å². The maximum absolute atomic E-state index is 5.45. The van der Waals surface area contributed by atoms with Crippen molar-refractivity contribution in [3.8, 4) is 0 Å². The van der Waals surface area contributed by atoms with Crippen LogP contribution in [0.25, 0.3) is 0 Å². The Balaban J connectivity index is 2.15. The van der Waals surface area contributed by atoms with E-state index in [0.29, 0.717) is 6.10 Å². The van der Waals surface area contributed by atoms with Crippen molar-refractivity contribution in [3.63, 3.8) is 0 Å². The largest absolute Gasteiger partial charge is 0.378 e. The topological polar surface area (TPSA) is 9.23 Å². The average molecular weight is 126 g/mol. The summed E-state index contributed by atoms with van der Waals surface area (Å²) in [5.74, 6) is 0. The smallest absolute Gasteiger partial charge is 0.0609 e. The molecule has 0 saturated carbocycles. The predicted octanol–water partition coefficient (Wildman–Crippen LogP) is 2.13. The summed E-state index contributed by atoms with van der Waals surface area (Å²) in [6, 6.07) is 0. The van der Waals surface area contributed by atoms with Crippen LogP contribution in [0.15, 0.2) is 12.7 Å². The molecule has 0 radical (unpaired) electrons. The number of hydrogen-bond donors (Lipinski definition) is 0. The molecule has 1 heterocycles. The quantitative estimate of drug-likeness (QED) is 0.515. The molecule has 1 saturated heterocycles. The van der Waals surface area contributed by atoms with Crippen molar-refractivity contribution >= 4 is 0 Å². The molecule has 9 heavy (non-hydrogen) atoms. The number of hydrogen-bond acceptors (Lipinski definition) is 1. The Morgan fingerprint density at radius 3 is 3.00 bits per heavy atom. The van der Waals surface area contributed by atoms with Gasteiger partial charge in [0.25, 0.3) is 0 Å². The van der Waals surface area contributed by atoms with Crippen LogP contribution in [0.4, 0.5) is 0 Å². The van der Waals surface area contributed by atoms with E-state index in [0.717, 1.165) is 13.0 Å². The van der Waals surface area contributed by atoms with E-state index < -0.39 is 0 Å². The van der Waals surface area contributed by atoms with Crippen LogP contribution in [0.2, 0.25) is 0 Å². The third-order valence-corrected chi connectivity index (χ3v) is 1.70. The van der Waals surface area contributed by atoms with Gasteiger partial charge in [0.05, 0.1) is 6.10 Å². The fourth-order valence-corrected chi connectivity index (χ4v) is 1.18. The first-order chi connectivity index (χ1) is 4.43. The van der Waals surface area contributed by atoms with Crippen LogP contribution in [-0.2, 0) is 4.74 Å². The van der Waals surface area contributed by atoms with Crippen molar-refractivity contribution in [2.24, 2.45) is 0 Å². The summed E-state index contributed by atoms with van der Waals surface area (Å²) in [7, 11) is 0. The van der Waals surface area contributed by atoms with E-state index in [4.69, 9.17) is 4.74 Å². The summed E-state index contributed by atoms with van der Waals surface area (Å²) in [6.07, 6.45) is 7.25. The third kappa shape index (κ3) is 2.19. The molecular weight excluding hydrogens is 112 g/mol. The molecule has 0 spiro atoms. The molecule has 1 heteroatoms. The van der Waals surface area contributed by atoms with E-state index >= 15 is 0 Å². The van der Waals surface area contributed by atoms with Gasteiger partial charge in [-0.1, -0.05) is 6.08 Å². The maximum Gasteiger partial charge on any atom is 0.0609 e. The highest BCUT2D eigenvalue weighted by molar-refractivity contribution is 4.75. The average Bonchev–Trinajstić information content (AvgIpc) is 1.91. The summed E-state index contributed by atoms with van der Waals surface area (Å²) in [5, 5.41) is 0. The van der Waals surface area contributed by atoms with Crippen LogP contribution in [-0.4, -0.2) is 12.7 Å². The standard InChI is InChI=1S/C8H14O/c1-2-5-8-6-3-4-7-9-8/h2,8H,1,3-7H2. The molecule has 0 bridgehead atoms. The minimum atomic E-state index is 0.483. The van der Waals surface area contributed by atoms with Crippen LogP contribution in [0.3, 0.4) is 0 Å². The molecule has 0 aromatic heterocycles. The second-order valence-corrected chi connectivity index (χ2v) is 2.51. The normalized spacial score (nSPS) is 27.8.